The van der Waals surface area contributed by atoms with E-state index in [1.54, 1.807) is 12.1 Å². The van der Waals surface area contributed by atoms with Gasteiger partial charge in [-0.15, -0.1) is 0 Å². The minimum atomic E-state index is -0.999. The van der Waals surface area contributed by atoms with Gasteiger partial charge >= 0.3 is 0 Å². The highest BCUT2D eigenvalue weighted by Gasteiger charge is 2.55. The zero-order valence-corrected chi connectivity index (χ0v) is 18.6. The van der Waals surface area contributed by atoms with E-state index in [0.717, 1.165) is 28.1 Å². The van der Waals surface area contributed by atoms with Gasteiger partial charge in [0, 0.05) is 5.69 Å². The van der Waals surface area contributed by atoms with Gasteiger partial charge in [0.05, 0.1) is 17.8 Å². The lowest BCUT2D eigenvalue weighted by Crippen LogP contribution is -2.43. The maximum Gasteiger partial charge on any atom is 0.263 e. The van der Waals surface area contributed by atoms with Crippen molar-refractivity contribution in [1.82, 2.24) is 5.01 Å². The Bertz CT molecular complexity index is 1140. The highest BCUT2D eigenvalue weighted by atomic mass is 35.5. The first-order valence-electron chi connectivity index (χ1n) is 10.1. The van der Waals surface area contributed by atoms with Crippen molar-refractivity contribution in [2.24, 2.45) is 10.3 Å². The number of rotatable bonds is 6. The number of amides is 3. The molecule has 1 saturated heterocycles. The molecule has 32 heavy (non-hydrogen) atoms. The number of methoxy groups -OCH3 is 1. The Morgan fingerprint density at radius 2 is 2.00 bits per heavy atom. The standard InChI is InChI=1S/C22H22ClN5O4/c1-4-13-7-5-6-12(2)18(13)24-17(29)11-27-20-19(25-26-27)21(30)28(22(20)31)14-8-9-16(32-3)15(23)10-14/h5-10,19-20H,4,11H2,1-3H3,(H,24,29)/t19-,20-/m0/s1. The number of carbonyl (C=O) groups is 3. The van der Waals surface area contributed by atoms with Crippen LogP contribution in [0.1, 0.15) is 18.1 Å². The zero-order valence-electron chi connectivity index (χ0n) is 17.8. The highest BCUT2D eigenvalue weighted by molar-refractivity contribution is 6.33. The summed E-state index contributed by atoms with van der Waals surface area (Å²) in [6.45, 7) is 3.71. The molecule has 0 saturated carbocycles. The zero-order chi connectivity index (χ0) is 23.0. The second-order valence-corrected chi connectivity index (χ2v) is 7.94. The molecular formula is C22H22ClN5O4. The third-order valence-electron chi connectivity index (χ3n) is 5.56. The van der Waals surface area contributed by atoms with Crippen molar-refractivity contribution in [3.8, 4) is 5.75 Å². The van der Waals surface area contributed by atoms with Gasteiger partial charge in [0.25, 0.3) is 11.8 Å². The Hall–Kier alpha value is -3.46. The predicted molar refractivity (Wildman–Crippen MR) is 119 cm³/mol. The Kier molecular flexibility index (Phi) is 5.84. The van der Waals surface area contributed by atoms with Crippen LogP contribution in [0.2, 0.25) is 5.02 Å². The molecule has 0 bridgehead atoms. The second kappa shape index (κ2) is 8.58. The number of ether oxygens (including phenoxy) is 1. The van der Waals surface area contributed by atoms with Gasteiger partial charge in [0.2, 0.25) is 5.91 Å². The van der Waals surface area contributed by atoms with E-state index < -0.39 is 23.9 Å². The second-order valence-electron chi connectivity index (χ2n) is 7.53. The van der Waals surface area contributed by atoms with E-state index in [2.05, 4.69) is 15.7 Å². The molecule has 1 N–H and O–H groups in total. The Morgan fingerprint density at radius 1 is 1.22 bits per heavy atom. The monoisotopic (exact) mass is 455 g/mol. The molecular weight excluding hydrogens is 434 g/mol. The van der Waals surface area contributed by atoms with Crippen molar-refractivity contribution in [3.05, 3.63) is 52.5 Å². The van der Waals surface area contributed by atoms with Crippen LogP contribution in [-0.2, 0) is 20.8 Å². The number of hydrogen-bond donors (Lipinski definition) is 1. The number of nitrogens with one attached hydrogen (secondary N) is 1. The van der Waals surface area contributed by atoms with E-state index in [4.69, 9.17) is 16.3 Å². The molecule has 0 unspecified atom stereocenters. The number of nitrogens with zero attached hydrogens (tertiary/aromatic N) is 4. The normalized spacial score (nSPS) is 19.5. The van der Waals surface area contributed by atoms with Gasteiger partial charge in [-0.2, -0.15) is 5.11 Å². The van der Waals surface area contributed by atoms with Crippen molar-refractivity contribution in [1.29, 1.82) is 0 Å². The number of halogens is 1. The summed E-state index contributed by atoms with van der Waals surface area (Å²) in [6.07, 6.45) is 0.762. The van der Waals surface area contributed by atoms with Gasteiger partial charge in [0.1, 0.15) is 12.3 Å². The van der Waals surface area contributed by atoms with Crippen molar-refractivity contribution >= 4 is 40.7 Å². The summed E-state index contributed by atoms with van der Waals surface area (Å²) in [5, 5.41) is 12.3. The van der Waals surface area contributed by atoms with Crippen molar-refractivity contribution in [3.63, 3.8) is 0 Å². The molecule has 0 aromatic heterocycles. The molecule has 4 rings (SSSR count). The van der Waals surface area contributed by atoms with Crippen LogP contribution in [0.5, 0.6) is 5.75 Å². The first-order chi connectivity index (χ1) is 15.3. The van der Waals surface area contributed by atoms with Crippen LogP contribution < -0.4 is 15.0 Å². The van der Waals surface area contributed by atoms with Crippen LogP contribution in [0.4, 0.5) is 11.4 Å². The van der Waals surface area contributed by atoms with E-state index in [9.17, 15) is 14.4 Å². The maximum atomic E-state index is 13.1. The quantitative estimate of drug-likeness (QED) is 0.674. The molecule has 0 spiro atoms. The minimum Gasteiger partial charge on any atom is -0.495 e. The van der Waals surface area contributed by atoms with Gasteiger partial charge in [-0.25, -0.2) is 4.90 Å². The van der Waals surface area contributed by atoms with Crippen LogP contribution in [-0.4, -0.2) is 48.5 Å². The van der Waals surface area contributed by atoms with E-state index in [1.807, 2.05) is 32.0 Å². The van der Waals surface area contributed by atoms with Crippen LogP contribution in [0.3, 0.4) is 0 Å². The molecule has 0 aliphatic carbocycles. The maximum absolute atomic E-state index is 13.1. The number of anilines is 2. The average molecular weight is 456 g/mol. The lowest BCUT2D eigenvalue weighted by Gasteiger charge is -2.21. The number of para-hydroxylation sites is 1. The fraction of sp³-hybridized carbons (Fsp3) is 0.318. The lowest BCUT2D eigenvalue weighted by molar-refractivity contribution is -0.123. The molecule has 2 aliphatic rings. The van der Waals surface area contributed by atoms with Crippen LogP contribution in [0.15, 0.2) is 46.7 Å². The molecule has 2 heterocycles. The van der Waals surface area contributed by atoms with E-state index in [-0.39, 0.29) is 17.5 Å². The predicted octanol–water partition coefficient (Wildman–Crippen LogP) is 3.15. The fourth-order valence-electron chi connectivity index (χ4n) is 3.93. The Balaban J connectivity index is 1.51. The molecule has 10 heteroatoms. The average Bonchev–Trinajstić information content (AvgIpc) is 3.29. The van der Waals surface area contributed by atoms with E-state index in [0.29, 0.717) is 11.4 Å². The van der Waals surface area contributed by atoms with Crippen LogP contribution in [0, 0.1) is 6.92 Å². The molecule has 2 aliphatic heterocycles. The largest absolute Gasteiger partial charge is 0.495 e. The van der Waals surface area contributed by atoms with Gasteiger partial charge in [-0.1, -0.05) is 41.9 Å². The Labute approximate surface area is 190 Å². The Morgan fingerprint density at radius 3 is 2.69 bits per heavy atom. The first kappa shape index (κ1) is 21.8. The van der Waals surface area contributed by atoms with Crippen molar-refractivity contribution in [2.75, 3.05) is 23.9 Å². The SMILES string of the molecule is CCc1cccc(C)c1NC(=O)CN1N=N[C@@H]2C(=O)N(c3ccc(OC)c(Cl)c3)C(=O)[C@H]21. The third kappa shape index (κ3) is 3.69. The van der Waals surface area contributed by atoms with Crippen molar-refractivity contribution in [2.45, 2.75) is 32.4 Å². The molecule has 0 radical (unpaired) electrons. The van der Waals surface area contributed by atoms with Crippen LogP contribution in [0.25, 0.3) is 0 Å². The highest BCUT2D eigenvalue weighted by Crippen LogP contribution is 2.35. The lowest BCUT2D eigenvalue weighted by atomic mass is 10.1. The van der Waals surface area contributed by atoms with Gasteiger partial charge in [-0.3, -0.25) is 19.4 Å². The number of aryl methyl sites for hydroxylation is 2. The van der Waals surface area contributed by atoms with Gasteiger partial charge in [0.15, 0.2) is 12.1 Å². The molecule has 2 aromatic rings. The molecule has 3 amide bonds. The summed E-state index contributed by atoms with van der Waals surface area (Å²) in [4.78, 5) is 39.7. The molecule has 2 atom stereocenters. The van der Waals surface area contributed by atoms with E-state index >= 15 is 0 Å². The number of carbonyl (C=O) groups excluding carboxylic acids is 3. The van der Waals surface area contributed by atoms with Gasteiger partial charge < -0.3 is 10.1 Å². The summed E-state index contributed by atoms with van der Waals surface area (Å²) in [7, 11) is 1.47. The fourth-order valence-corrected chi connectivity index (χ4v) is 4.18. The molecule has 1 fully saturated rings. The number of fused-ring (bicyclic) bond motifs is 1. The van der Waals surface area contributed by atoms with E-state index in [1.165, 1.54) is 18.2 Å². The number of benzene rings is 2. The summed E-state index contributed by atoms with van der Waals surface area (Å²) in [6, 6.07) is 8.45. The first-order valence-corrected chi connectivity index (χ1v) is 10.5. The minimum absolute atomic E-state index is 0.210. The molecule has 9 nitrogen and oxygen atoms in total. The summed E-state index contributed by atoms with van der Waals surface area (Å²) in [5.41, 5.74) is 3.01. The molecule has 166 valence electrons. The molecule has 2 aromatic carbocycles. The smallest absolute Gasteiger partial charge is 0.263 e. The summed E-state index contributed by atoms with van der Waals surface area (Å²) in [5.74, 6) is -0.945. The topological polar surface area (TPSA) is 104 Å². The summed E-state index contributed by atoms with van der Waals surface area (Å²) < 4.78 is 5.12. The number of hydrogen-bond acceptors (Lipinski definition) is 7. The van der Waals surface area contributed by atoms with Gasteiger partial charge in [-0.05, 0) is 42.7 Å². The van der Waals surface area contributed by atoms with Crippen LogP contribution >= 0.6 is 11.6 Å². The number of imide groups is 1. The third-order valence-corrected chi connectivity index (χ3v) is 5.86. The van der Waals surface area contributed by atoms with Crippen molar-refractivity contribution < 1.29 is 19.1 Å². The summed E-state index contributed by atoms with van der Waals surface area (Å²) >= 11 is 6.16.